The highest BCUT2D eigenvalue weighted by molar-refractivity contribution is 5.51. The minimum absolute atomic E-state index is 0. The van der Waals surface area contributed by atoms with Crippen molar-refractivity contribution >= 4 is 53.5 Å². The molecule has 0 radical (unpaired) electrons. The molecule has 9 heterocycles. The van der Waals surface area contributed by atoms with E-state index >= 15 is 0 Å². The molecule has 6 saturated heterocycles. The topological polar surface area (TPSA) is 280 Å². The third-order valence-corrected chi connectivity index (χ3v) is 28.6. The molecule has 0 spiro atoms. The molecule has 0 saturated carbocycles. The van der Waals surface area contributed by atoms with Gasteiger partial charge >= 0.3 is 0 Å². The average molecular weight is 2050 g/mol. The van der Waals surface area contributed by atoms with E-state index in [2.05, 4.69) is 315 Å². The Hall–Kier alpha value is -5.13. The van der Waals surface area contributed by atoms with Crippen LogP contribution in [-0.4, -0.2) is 227 Å². The van der Waals surface area contributed by atoms with Crippen LogP contribution in [0.5, 0.6) is 0 Å². The van der Waals surface area contributed by atoms with Gasteiger partial charge in [-0.25, -0.2) is 0 Å². The van der Waals surface area contributed by atoms with Gasteiger partial charge in [-0.05, 0) is 315 Å². The van der Waals surface area contributed by atoms with Crippen LogP contribution in [0.3, 0.4) is 0 Å². The van der Waals surface area contributed by atoms with E-state index in [9.17, 15) is 0 Å². The highest BCUT2D eigenvalue weighted by Gasteiger charge is 2.49. The first-order valence-electron chi connectivity index (χ1n) is 55.7. The summed E-state index contributed by atoms with van der Waals surface area (Å²) in [6.07, 6.45) is 44.8. The fourth-order valence-corrected chi connectivity index (χ4v) is 24.7. The quantitative estimate of drug-likeness (QED) is 0.0185. The van der Waals surface area contributed by atoms with E-state index in [1.54, 1.807) is 0 Å². The first kappa shape index (κ1) is 144. The molecule has 3 aromatic rings. The SMILES string of the molecule is C.C.C.C.C.C.C.C.C.CCCCCCCCCCCCNCNc1nc(N(CCCC)C2CC(C)(C)NC(C)(C)C2)nc(N(CCCC)C2CC(C)(C)NC(C)(C)C2)n1.CCCCCCNCNc1nc(N(CCCC)C2CC(C)(C)NC(C)(C)C2)nc(N(CCCC)C2CC(C)(C)NC(C)(C)C2)n1.CCCCN(c1nc(NCNC)nc(N(CCCC)C2CC(C)(C)NC(C)(C)C2)n1)C1CC(C)(C)NC(C)(C)C1. The Bertz CT molecular complexity index is 3550. The molecule has 3 aromatic heterocycles. The molecule has 12 N–H and O–H groups in total. The number of nitrogens with zero attached hydrogens (tertiary/aromatic N) is 15. The minimum atomic E-state index is 0. The van der Waals surface area contributed by atoms with Gasteiger partial charge in [0.05, 0.1) is 20.0 Å². The van der Waals surface area contributed by atoms with E-state index in [-0.39, 0.29) is 133 Å². The lowest BCUT2D eigenvalue weighted by atomic mass is 9.79. The summed E-state index contributed by atoms with van der Waals surface area (Å²) < 4.78 is 0. The molecule has 9 rings (SSSR count). The second-order valence-corrected chi connectivity index (χ2v) is 50.4. The molecular weight excluding hydrogens is 1800 g/mol. The zero-order chi connectivity index (χ0) is 101. The van der Waals surface area contributed by atoms with Crippen LogP contribution in [0.25, 0.3) is 0 Å². The minimum Gasteiger partial charge on any atom is -0.341 e. The molecule has 0 unspecified atom stereocenters. The van der Waals surface area contributed by atoms with Gasteiger partial charge in [0.2, 0.25) is 53.5 Å². The van der Waals surface area contributed by atoms with Gasteiger partial charge in [0, 0.05) is 142 Å². The molecule has 27 nitrogen and oxygen atoms in total. The lowest BCUT2D eigenvalue weighted by Crippen LogP contribution is -2.63. The van der Waals surface area contributed by atoms with Crippen LogP contribution in [-0.2, 0) is 0 Å². The lowest BCUT2D eigenvalue weighted by molar-refractivity contribution is 0.156. The Balaban J connectivity index is -0.00000204. The third kappa shape index (κ3) is 50.5. The molecule has 0 atom stereocenters. The third-order valence-electron chi connectivity index (χ3n) is 28.6. The fourth-order valence-electron chi connectivity index (χ4n) is 24.7. The van der Waals surface area contributed by atoms with Crippen LogP contribution < -0.4 is 93.2 Å². The Morgan fingerprint density at radius 2 is 0.352 bits per heavy atom. The van der Waals surface area contributed by atoms with Crippen LogP contribution in [0, 0.1) is 0 Å². The number of anilines is 9. The highest BCUT2D eigenvalue weighted by Crippen LogP contribution is 2.43. The number of aromatic nitrogens is 9. The largest absolute Gasteiger partial charge is 0.341 e. The number of unbranched alkanes of at least 4 members (excludes halogenated alkanes) is 18. The summed E-state index contributed by atoms with van der Waals surface area (Å²) in [5, 5.41) is 44.3. The van der Waals surface area contributed by atoms with Gasteiger partial charge in [0.1, 0.15) is 0 Å². The van der Waals surface area contributed by atoms with Crippen molar-refractivity contribution in [3.05, 3.63) is 0 Å². The van der Waals surface area contributed by atoms with Crippen molar-refractivity contribution in [2.75, 3.05) is 125 Å². The Kier molecular flexibility index (Phi) is 65.6. The summed E-state index contributed by atoms with van der Waals surface area (Å²) in [6, 6.07) is 2.10. The molecule has 27 heteroatoms. The summed E-state index contributed by atoms with van der Waals surface area (Å²) in [7, 11) is 1.94. The summed E-state index contributed by atoms with van der Waals surface area (Å²) in [4.78, 5) is 62.1. The van der Waals surface area contributed by atoms with E-state index in [1.807, 2.05) is 7.05 Å². The molecule has 145 heavy (non-hydrogen) atoms. The van der Waals surface area contributed by atoms with Gasteiger partial charge < -0.3 is 82.6 Å². The van der Waals surface area contributed by atoms with E-state index in [4.69, 9.17) is 44.9 Å². The van der Waals surface area contributed by atoms with Crippen molar-refractivity contribution in [1.29, 1.82) is 0 Å². The maximum atomic E-state index is 5.42. The van der Waals surface area contributed by atoms with Gasteiger partial charge in [-0.15, -0.1) is 0 Å². The van der Waals surface area contributed by atoms with Crippen molar-refractivity contribution in [3.8, 4) is 0 Å². The van der Waals surface area contributed by atoms with Gasteiger partial charge in [-0.3, -0.25) is 10.6 Å². The monoisotopic (exact) mass is 2050 g/mol. The van der Waals surface area contributed by atoms with Crippen LogP contribution in [0.2, 0.25) is 0 Å². The zero-order valence-electron chi connectivity index (χ0n) is 94.3. The second kappa shape index (κ2) is 66.1. The number of hydrogen-bond acceptors (Lipinski definition) is 27. The Labute approximate surface area is 900 Å². The van der Waals surface area contributed by atoms with Gasteiger partial charge in [0.25, 0.3) is 0 Å². The molecule has 858 valence electrons. The predicted octanol–water partition coefficient (Wildman–Crippen LogP) is 27.8. The first-order valence-corrected chi connectivity index (χ1v) is 55.7. The molecular formula is C118H251N27. The molecule has 0 amide bonds. The predicted molar refractivity (Wildman–Crippen MR) is 646 cm³/mol. The molecule has 0 aliphatic carbocycles. The van der Waals surface area contributed by atoms with Crippen LogP contribution in [0.4, 0.5) is 53.5 Å². The summed E-state index contributed by atoms with van der Waals surface area (Å²) in [5.41, 5.74) is 0.445. The van der Waals surface area contributed by atoms with Crippen molar-refractivity contribution in [1.82, 2.24) is 92.7 Å². The molecule has 0 bridgehead atoms. The number of nitrogens with one attached hydrogen (secondary N) is 12. The van der Waals surface area contributed by atoms with E-state index < -0.39 is 0 Å². The highest BCUT2D eigenvalue weighted by atomic mass is 15.4. The summed E-state index contributed by atoms with van der Waals surface area (Å²) in [6.45, 7) is 83.9. The van der Waals surface area contributed by atoms with Crippen molar-refractivity contribution in [2.45, 2.75) is 635 Å². The van der Waals surface area contributed by atoms with E-state index in [0.29, 0.717) is 74.1 Å². The number of hydrogen-bond donors (Lipinski definition) is 12. The Morgan fingerprint density at radius 1 is 0.207 bits per heavy atom. The van der Waals surface area contributed by atoms with Gasteiger partial charge in [-0.1, -0.05) is 238 Å². The molecule has 6 aliphatic heterocycles. The molecule has 6 fully saturated rings. The maximum absolute atomic E-state index is 5.42. The first-order chi connectivity index (χ1) is 63.8. The average Bonchev–Trinajstić information content (AvgIpc) is 0.761. The fraction of sp³-hybridized carbons (Fsp3) is 0.924. The van der Waals surface area contributed by atoms with Gasteiger partial charge in [-0.2, -0.15) is 44.9 Å². The molecule has 6 aliphatic rings. The normalized spacial score (nSPS) is 19.7. The van der Waals surface area contributed by atoms with E-state index in [0.717, 1.165) is 242 Å². The van der Waals surface area contributed by atoms with Crippen LogP contribution in [0.15, 0.2) is 0 Å². The number of rotatable bonds is 55. The van der Waals surface area contributed by atoms with Crippen LogP contribution in [0.1, 0.15) is 532 Å². The second-order valence-electron chi connectivity index (χ2n) is 50.4. The van der Waals surface area contributed by atoms with Gasteiger partial charge in [0.15, 0.2) is 0 Å². The number of piperidine rings is 6. The maximum Gasteiger partial charge on any atom is 0.232 e. The molecule has 0 aromatic carbocycles. The Morgan fingerprint density at radius 3 is 0.510 bits per heavy atom. The summed E-state index contributed by atoms with van der Waals surface area (Å²) in [5.74, 6) is 6.95. The zero-order valence-corrected chi connectivity index (χ0v) is 94.3. The van der Waals surface area contributed by atoms with E-state index in [1.165, 1.54) is 89.9 Å². The van der Waals surface area contributed by atoms with Crippen LogP contribution >= 0.6 is 0 Å². The van der Waals surface area contributed by atoms with Crippen molar-refractivity contribution in [2.24, 2.45) is 0 Å². The summed E-state index contributed by atoms with van der Waals surface area (Å²) >= 11 is 0. The standard InChI is InChI=1S/C42H83N9.C36H71N9.C31H61N9.9CH4/c1-12-15-18-19-20-21-22-23-24-25-26-43-33-44-36-45-37(50(27-16-13-2)34-29-39(4,5)48-40(6,7)30-34)47-38(46-36)51(28-17-14-3)35-31-41(8,9)49-42(10,11)32-35;1-12-15-18-19-20-37-27-38-30-39-31(44(21-16-13-2)28-23-33(4,5)42-34(6,7)24-28)41-32(40-30)45(22-17-14-3)29-25-35(8,9)43-36(10,11)26-29;1-12-14-16-39(23-18-28(3,4)37-29(5,6)19-23)26-34-25(33-22-32-11)35-27(36-26)40(17-15-13-2)24-20-30(7,8)38-31(9,10)21-24;;;;;;;;;/h34-35,43,48-49H,12-33H2,1-11H3,(H,44,45,46,47);28-29,37,42-43H,12-27H2,1-11H3,(H,38,39,40,41);23-24,32,37-38H,12-22H2,1-11H3,(H,33,34,35,36);9*1H4. The van der Waals surface area contributed by atoms with Crippen molar-refractivity contribution in [3.63, 3.8) is 0 Å². The van der Waals surface area contributed by atoms with Crippen molar-refractivity contribution < 1.29 is 0 Å². The lowest BCUT2D eigenvalue weighted by Gasteiger charge is -2.50. The smallest absolute Gasteiger partial charge is 0.232 e.